The van der Waals surface area contributed by atoms with Gasteiger partial charge in [-0.2, -0.15) is 0 Å². The summed E-state index contributed by atoms with van der Waals surface area (Å²) in [5.41, 5.74) is 0.0284. The minimum Gasteiger partial charge on any atom is -0.477 e. The summed E-state index contributed by atoms with van der Waals surface area (Å²) in [6.07, 6.45) is 5.23. The topological polar surface area (TPSA) is 216 Å². The Labute approximate surface area is 494 Å². The predicted octanol–water partition coefficient (Wildman–Crippen LogP) is 12.5. The number of rotatable bonds is 17. The number of aromatic carboxylic acids is 1. The van der Waals surface area contributed by atoms with Gasteiger partial charge in [0, 0.05) is 50.9 Å². The maximum atomic E-state index is 14.1. The third-order valence-corrected chi connectivity index (χ3v) is 14.9. The molecular formula is C60H89ClN4O14S2. The summed E-state index contributed by atoms with van der Waals surface area (Å²) < 4.78 is 23.8. The molecule has 452 valence electrons. The number of hydrogen-bond acceptors (Lipinski definition) is 15. The van der Waals surface area contributed by atoms with Crippen LogP contribution in [-0.4, -0.2) is 128 Å². The van der Waals surface area contributed by atoms with E-state index >= 15 is 0 Å². The molecule has 18 nitrogen and oxygen atoms in total. The number of carbonyl (C=O) groups excluding carboxylic acids is 7. The van der Waals surface area contributed by atoms with E-state index in [1.54, 1.807) is 68.0 Å². The average Bonchev–Trinajstić information content (AvgIpc) is 4.26. The molecule has 81 heavy (non-hydrogen) atoms. The van der Waals surface area contributed by atoms with Gasteiger partial charge in [-0.3, -0.25) is 29.0 Å². The number of halogens is 1. The number of carboxylic acids is 1. The Hall–Kier alpha value is -5.83. The first kappa shape index (κ1) is 71.3. The van der Waals surface area contributed by atoms with Crippen molar-refractivity contribution in [2.45, 2.75) is 185 Å². The van der Waals surface area contributed by atoms with E-state index in [9.17, 15) is 43.5 Å². The van der Waals surface area contributed by atoms with Crippen LogP contribution in [0.25, 0.3) is 0 Å². The summed E-state index contributed by atoms with van der Waals surface area (Å²) in [6.45, 7) is 26.1. The van der Waals surface area contributed by atoms with Crippen LogP contribution >= 0.6 is 34.3 Å². The van der Waals surface area contributed by atoms with Gasteiger partial charge in [-0.05, 0) is 157 Å². The van der Waals surface area contributed by atoms with Crippen LogP contribution in [0.1, 0.15) is 190 Å². The Kier molecular flexibility index (Phi) is 29.3. The Morgan fingerprint density at radius 2 is 0.963 bits per heavy atom. The van der Waals surface area contributed by atoms with Crippen LogP contribution < -0.4 is 9.80 Å². The van der Waals surface area contributed by atoms with E-state index in [4.69, 9.17) is 25.8 Å². The van der Waals surface area contributed by atoms with Crippen LogP contribution in [0.5, 0.6) is 0 Å². The van der Waals surface area contributed by atoms with Gasteiger partial charge in [-0.15, -0.1) is 22.7 Å². The molecule has 0 unspecified atom stereocenters. The predicted molar refractivity (Wildman–Crippen MR) is 317 cm³/mol. The van der Waals surface area contributed by atoms with Crippen LogP contribution in [0.15, 0.2) is 12.1 Å². The summed E-state index contributed by atoms with van der Waals surface area (Å²) in [4.78, 5) is 109. The number of hydrogen-bond donors (Lipinski definition) is 1. The van der Waals surface area contributed by atoms with E-state index in [1.807, 2.05) is 55.4 Å². The molecule has 21 heteroatoms. The van der Waals surface area contributed by atoms with Gasteiger partial charge in [-0.25, -0.2) is 19.2 Å². The summed E-state index contributed by atoms with van der Waals surface area (Å²) in [5.74, 6) is 10.4. The number of ether oxygens (including phenoxy) is 5. The molecule has 0 saturated heterocycles. The number of esters is 1. The highest BCUT2D eigenvalue weighted by Gasteiger charge is 2.41. The average molecular weight is 1190 g/mol. The molecule has 2 heterocycles. The standard InChI is InChI=1S/C30H44N2O7S.C25H36N2O4S.C5H9ClO3/c1-10-23(27(34)31(8)9)32(26(33)21-13-11-20(4)12-14-21)24-17-22(15-16-30(5,6)7)40-25(24)28(35)37-18-38-29(36)39-19(2)3;1-8-19(23(29)26(6)7)27(22(28)17-11-9-16(2)10-12-17)20-15-18(13-14-25(3,4)5)32-21(20)24(30)31;1-4(2)9-5(7)8-3-6/h17,19-21,23H,10-14,18H2,1-9H3;15-17,19H,8-12H2,1-7H3,(H,30,31);4H,3H2,1-2H3/t20?,21?,23-;16?,17?,19-;/m00./s1. The van der Waals surface area contributed by atoms with Gasteiger partial charge in [0.2, 0.25) is 30.4 Å². The molecule has 2 atom stereocenters. The van der Waals surface area contributed by atoms with Crippen molar-refractivity contribution in [3.8, 4) is 23.7 Å². The molecule has 2 saturated carbocycles. The first-order valence-corrected chi connectivity index (χ1v) is 29.9. The summed E-state index contributed by atoms with van der Waals surface area (Å²) in [7, 11) is 6.60. The third-order valence-electron chi connectivity index (χ3n) is 12.7. The first-order valence-electron chi connectivity index (χ1n) is 27.7. The van der Waals surface area contributed by atoms with E-state index in [0.29, 0.717) is 34.4 Å². The third kappa shape index (κ3) is 23.9. The lowest BCUT2D eigenvalue weighted by Gasteiger charge is -2.36. The van der Waals surface area contributed by atoms with Gasteiger partial charge in [-0.1, -0.05) is 63.0 Å². The van der Waals surface area contributed by atoms with E-state index in [-0.39, 0.29) is 79.6 Å². The quantitative estimate of drug-likeness (QED) is 0.0513. The number of carbonyl (C=O) groups is 8. The molecular weight excluding hydrogens is 1100 g/mol. The molecule has 4 amide bonds. The van der Waals surface area contributed by atoms with Crippen LogP contribution in [0.4, 0.5) is 21.0 Å². The van der Waals surface area contributed by atoms with Gasteiger partial charge >= 0.3 is 24.2 Å². The molecule has 0 bridgehead atoms. The fourth-order valence-electron chi connectivity index (χ4n) is 8.55. The van der Waals surface area contributed by atoms with Crippen molar-refractivity contribution < 1.29 is 67.1 Å². The van der Waals surface area contributed by atoms with Crippen LogP contribution in [0.2, 0.25) is 0 Å². The molecule has 0 radical (unpaired) electrons. The minimum atomic E-state index is -1.11. The van der Waals surface area contributed by atoms with Crippen LogP contribution in [0, 0.1) is 58.2 Å². The zero-order chi connectivity index (χ0) is 61.7. The molecule has 4 rings (SSSR count). The van der Waals surface area contributed by atoms with Crippen molar-refractivity contribution in [1.29, 1.82) is 0 Å². The highest BCUT2D eigenvalue weighted by molar-refractivity contribution is 7.15. The fourth-order valence-corrected chi connectivity index (χ4v) is 10.4. The highest BCUT2D eigenvalue weighted by atomic mass is 35.5. The molecule has 0 aliphatic heterocycles. The zero-order valence-corrected chi connectivity index (χ0v) is 53.4. The van der Waals surface area contributed by atoms with E-state index in [0.717, 1.165) is 74.0 Å². The molecule has 2 aliphatic rings. The van der Waals surface area contributed by atoms with Gasteiger partial charge in [0.1, 0.15) is 21.8 Å². The number of carboxylic acid groups (broad SMARTS) is 1. The van der Waals surface area contributed by atoms with Gasteiger partial charge < -0.3 is 38.6 Å². The summed E-state index contributed by atoms with van der Waals surface area (Å²) >= 11 is 7.19. The molecule has 0 spiro atoms. The summed E-state index contributed by atoms with van der Waals surface area (Å²) in [5, 5.41) is 9.91. The number of thiophene rings is 2. The van der Waals surface area contributed by atoms with Crippen LogP contribution in [-0.2, 0) is 42.9 Å². The van der Waals surface area contributed by atoms with Crippen molar-refractivity contribution >= 4 is 93.5 Å². The van der Waals surface area contributed by atoms with Crippen molar-refractivity contribution in [2.75, 3.05) is 50.8 Å². The maximum Gasteiger partial charge on any atom is 0.511 e. The maximum absolute atomic E-state index is 14.1. The van der Waals surface area contributed by atoms with Gasteiger partial charge in [0.05, 0.1) is 33.3 Å². The number of nitrogens with zero attached hydrogens (tertiary/aromatic N) is 4. The van der Waals surface area contributed by atoms with Crippen LogP contribution in [0.3, 0.4) is 0 Å². The van der Waals surface area contributed by atoms with Crippen molar-refractivity contribution in [3.63, 3.8) is 0 Å². The Bertz CT molecular complexity index is 2570. The minimum absolute atomic E-state index is 0.0470. The Balaban J connectivity index is 0.000000488. The molecule has 2 aromatic rings. The monoisotopic (exact) mass is 1190 g/mol. The highest BCUT2D eigenvalue weighted by Crippen LogP contribution is 2.39. The largest absolute Gasteiger partial charge is 0.511 e. The number of likely N-dealkylation sites (N-methyl/N-ethyl adjacent to an activating group) is 2. The molecule has 2 aliphatic carbocycles. The Morgan fingerprint density at radius 3 is 1.28 bits per heavy atom. The van der Waals surface area contributed by atoms with E-state index in [1.165, 1.54) is 19.6 Å². The van der Waals surface area contributed by atoms with Crippen molar-refractivity contribution in [2.24, 2.45) is 34.5 Å². The Morgan fingerprint density at radius 1 is 0.605 bits per heavy atom. The van der Waals surface area contributed by atoms with Crippen molar-refractivity contribution in [1.82, 2.24) is 9.80 Å². The van der Waals surface area contributed by atoms with Gasteiger partial charge in [0.15, 0.2) is 6.07 Å². The number of anilines is 2. The second-order valence-corrected chi connectivity index (χ2v) is 25.7. The SMILES string of the molecule is CC(C)OC(=O)OCCl.CC[C@@H](C(=O)N(C)C)N(C(=O)C1CCC(C)CC1)c1cc(C#CC(C)(C)C)sc1C(=O)O.CC[C@@H](C(=O)N(C)C)N(C(=O)C1CCC(C)CC1)c1cc(C#CC(C)(C)C)sc1C(=O)OCOC(=O)OC(C)C. The lowest BCUT2D eigenvalue weighted by Crippen LogP contribution is -2.51. The first-order chi connectivity index (χ1) is 37.7. The second kappa shape index (κ2) is 33.3. The fraction of sp³-hybridized carbons (Fsp3) is 0.667. The molecule has 1 N–H and O–H groups in total. The molecule has 2 fully saturated rings. The normalized spacial score (nSPS) is 17.5. The smallest absolute Gasteiger partial charge is 0.477 e. The molecule has 2 aromatic heterocycles. The number of alkyl halides is 1. The number of amides is 4. The lowest BCUT2D eigenvalue weighted by atomic mass is 9.82. The summed E-state index contributed by atoms with van der Waals surface area (Å²) in [6, 6.07) is 1.62. The zero-order valence-electron chi connectivity index (χ0n) is 51.0. The lowest BCUT2D eigenvalue weighted by molar-refractivity contribution is -0.133. The second-order valence-electron chi connectivity index (χ2n) is 23.4. The molecule has 0 aromatic carbocycles. The van der Waals surface area contributed by atoms with E-state index in [2.05, 4.69) is 47.0 Å². The van der Waals surface area contributed by atoms with Crippen molar-refractivity contribution in [3.05, 3.63) is 31.6 Å². The van der Waals surface area contributed by atoms with Gasteiger partial charge in [0.25, 0.3) is 0 Å². The van der Waals surface area contributed by atoms with E-state index < -0.39 is 49.2 Å².